The molecule has 0 unspecified atom stereocenters. The van der Waals surface area contributed by atoms with Crippen LogP contribution in [0.3, 0.4) is 0 Å². The van der Waals surface area contributed by atoms with E-state index in [1.165, 1.54) is 25.7 Å². The summed E-state index contributed by atoms with van der Waals surface area (Å²) in [6.07, 6.45) is 12.3. The third-order valence-corrected chi connectivity index (χ3v) is 5.63. The van der Waals surface area contributed by atoms with Crippen molar-refractivity contribution < 1.29 is 5.11 Å². The van der Waals surface area contributed by atoms with Gasteiger partial charge in [0, 0.05) is 37.2 Å². The number of benzene rings is 1. The number of nitrogens with zero attached hydrogens (tertiary/aromatic N) is 7. The Labute approximate surface area is 210 Å². The van der Waals surface area contributed by atoms with Crippen LogP contribution in [0.2, 0.25) is 0 Å². The standard InChI is InChI=1S/C16H19N5.C10H10N4O/c1-2-4-12-21(11-3-1)16-7-8-18-15(19-16)6-5-10-20-13-9-17-14-20;11-7-5-8(13-14-10(7)12)6-3-1-2-4-9(6)15/h7-9,13-14H,1-4,10-12H2;1-5,15H,(H2,11,13)(H2,12,14). The Morgan fingerprint density at radius 2 is 1.78 bits per heavy atom. The van der Waals surface area contributed by atoms with Gasteiger partial charge in [0.1, 0.15) is 11.6 Å². The summed E-state index contributed by atoms with van der Waals surface area (Å²) in [5, 5.41) is 17.1. The molecule has 0 saturated carbocycles. The summed E-state index contributed by atoms with van der Waals surface area (Å²) < 4.78 is 1.92. The Morgan fingerprint density at radius 1 is 0.972 bits per heavy atom. The quantitative estimate of drug-likeness (QED) is 0.374. The maximum absolute atomic E-state index is 9.58. The fourth-order valence-corrected chi connectivity index (χ4v) is 3.71. The molecule has 36 heavy (non-hydrogen) atoms. The molecule has 4 heterocycles. The molecule has 1 saturated heterocycles. The van der Waals surface area contributed by atoms with Gasteiger partial charge in [-0.25, -0.2) is 15.0 Å². The van der Waals surface area contributed by atoms with E-state index in [0.29, 0.717) is 29.3 Å². The number of para-hydroxylation sites is 1. The van der Waals surface area contributed by atoms with Gasteiger partial charge in [-0.2, -0.15) is 0 Å². The maximum Gasteiger partial charge on any atom is 0.206 e. The van der Waals surface area contributed by atoms with E-state index in [1.807, 2.05) is 16.8 Å². The van der Waals surface area contributed by atoms with Crippen molar-refractivity contribution in [3.63, 3.8) is 0 Å². The van der Waals surface area contributed by atoms with Crippen LogP contribution in [0.25, 0.3) is 11.3 Å². The number of imidazole rings is 1. The zero-order chi connectivity index (χ0) is 25.2. The Kier molecular flexibility index (Phi) is 8.27. The van der Waals surface area contributed by atoms with E-state index >= 15 is 0 Å². The van der Waals surface area contributed by atoms with E-state index in [-0.39, 0.29) is 11.6 Å². The average molecular weight is 484 g/mol. The number of phenols is 1. The van der Waals surface area contributed by atoms with Crippen LogP contribution in [-0.2, 0) is 6.54 Å². The predicted molar refractivity (Wildman–Crippen MR) is 140 cm³/mol. The molecule has 0 radical (unpaired) electrons. The van der Waals surface area contributed by atoms with Gasteiger partial charge in [0.15, 0.2) is 5.82 Å². The third-order valence-electron chi connectivity index (χ3n) is 5.63. The molecule has 0 bridgehead atoms. The second kappa shape index (κ2) is 12.2. The number of anilines is 3. The van der Waals surface area contributed by atoms with Gasteiger partial charge in [-0.1, -0.05) is 30.9 Å². The second-order valence-corrected chi connectivity index (χ2v) is 8.26. The molecule has 1 aromatic carbocycles. The Morgan fingerprint density at radius 3 is 2.50 bits per heavy atom. The SMILES string of the molecule is C(#Cc1nccc(N2CCCCCC2)n1)Cn1ccnc1.Nc1cc(-c2ccccc2O)nnc1N. The minimum Gasteiger partial charge on any atom is -0.507 e. The highest BCUT2D eigenvalue weighted by Gasteiger charge is 2.11. The number of aromatic hydroxyl groups is 1. The molecule has 3 aromatic heterocycles. The van der Waals surface area contributed by atoms with Gasteiger partial charge in [0.25, 0.3) is 0 Å². The van der Waals surface area contributed by atoms with Gasteiger partial charge in [-0.05, 0) is 43.0 Å². The Bertz CT molecular complexity index is 1320. The molecule has 184 valence electrons. The summed E-state index contributed by atoms with van der Waals surface area (Å²) in [5.74, 6) is 8.02. The summed E-state index contributed by atoms with van der Waals surface area (Å²) in [5.41, 5.74) is 12.5. The zero-order valence-corrected chi connectivity index (χ0v) is 20.0. The number of hydrogen-bond donors (Lipinski definition) is 3. The van der Waals surface area contributed by atoms with E-state index < -0.39 is 0 Å². The summed E-state index contributed by atoms with van der Waals surface area (Å²) in [4.78, 5) is 15.1. The Hall–Kier alpha value is -4.65. The number of aromatic nitrogens is 6. The summed E-state index contributed by atoms with van der Waals surface area (Å²) >= 11 is 0. The number of rotatable bonds is 3. The van der Waals surface area contributed by atoms with Crippen LogP contribution in [0.15, 0.2) is 61.3 Å². The number of nitrogens with two attached hydrogens (primary N) is 2. The highest BCUT2D eigenvalue weighted by Crippen LogP contribution is 2.28. The zero-order valence-electron chi connectivity index (χ0n) is 20.0. The monoisotopic (exact) mass is 483 g/mol. The fourth-order valence-electron chi connectivity index (χ4n) is 3.71. The van der Waals surface area contributed by atoms with E-state index in [4.69, 9.17) is 11.5 Å². The summed E-state index contributed by atoms with van der Waals surface area (Å²) in [6, 6.07) is 10.4. The summed E-state index contributed by atoms with van der Waals surface area (Å²) in [7, 11) is 0. The molecule has 1 aliphatic heterocycles. The molecule has 10 heteroatoms. The van der Waals surface area contributed by atoms with Crippen LogP contribution in [-0.4, -0.2) is 47.9 Å². The summed E-state index contributed by atoms with van der Waals surface area (Å²) in [6.45, 7) is 2.77. The molecule has 0 atom stereocenters. The van der Waals surface area contributed by atoms with Crippen LogP contribution < -0.4 is 16.4 Å². The maximum atomic E-state index is 9.58. The highest BCUT2D eigenvalue weighted by atomic mass is 16.3. The van der Waals surface area contributed by atoms with Crippen molar-refractivity contribution in [3.8, 4) is 28.8 Å². The van der Waals surface area contributed by atoms with Gasteiger partial charge < -0.3 is 26.0 Å². The van der Waals surface area contributed by atoms with Crippen LogP contribution in [0.4, 0.5) is 17.3 Å². The van der Waals surface area contributed by atoms with Crippen LogP contribution >= 0.6 is 0 Å². The van der Waals surface area contributed by atoms with Crippen molar-refractivity contribution in [3.05, 3.63) is 67.1 Å². The second-order valence-electron chi connectivity index (χ2n) is 8.26. The van der Waals surface area contributed by atoms with Crippen molar-refractivity contribution in [2.45, 2.75) is 32.2 Å². The first kappa shape index (κ1) is 24.5. The molecule has 10 nitrogen and oxygen atoms in total. The molecule has 5 N–H and O–H groups in total. The largest absolute Gasteiger partial charge is 0.507 e. The minimum absolute atomic E-state index is 0.135. The smallest absolute Gasteiger partial charge is 0.206 e. The molecule has 1 aliphatic rings. The van der Waals surface area contributed by atoms with E-state index in [2.05, 4.69) is 41.9 Å². The molecule has 0 aliphatic carbocycles. The lowest BCUT2D eigenvalue weighted by Gasteiger charge is -2.20. The van der Waals surface area contributed by atoms with Crippen LogP contribution in [0.1, 0.15) is 31.5 Å². The normalized spacial score (nSPS) is 13.1. The van der Waals surface area contributed by atoms with Gasteiger partial charge in [-0.3, -0.25) is 0 Å². The topological polar surface area (TPSA) is 145 Å². The first-order valence-corrected chi connectivity index (χ1v) is 11.8. The number of hydrogen-bond acceptors (Lipinski definition) is 9. The lowest BCUT2D eigenvalue weighted by atomic mass is 10.1. The van der Waals surface area contributed by atoms with Crippen molar-refractivity contribution in [2.24, 2.45) is 0 Å². The number of phenolic OH excluding ortho intramolecular Hbond substituents is 1. The van der Waals surface area contributed by atoms with Crippen molar-refractivity contribution >= 4 is 17.3 Å². The van der Waals surface area contributed by atoms with Gasteiger partial charge in [0.05, 0.1) is 24.3 Å². The average Bonchev–Trinajstić information content (AvgIpc) is 3.26. The van der Waals surface area contributed by atoms with Crippen LogP contribution in [0.5, 0.6) is 5.75 Å². The first-order chi connectivity index (χ1) is 17.6. The molecule has 4 aromatic rings. The van der Waals surface area contributed by atoms with Crippen molar-refractivity contribution in [1.82, 2.24) is 29.7 Å². The van der Waals surface area contributed by atoms with Crippen molar-refractivity contribution in [2.75, 3.05) is 29.5 Å². The highest BCUT2D eigenvalue weighted by molar-refractivity contribution is 5.71. The van der Waals surface area contributed by atoms with E-state index in [0.717, 1.165) is 18.9 Å². The molecule has 0 amide bonds. The molecule has 0 spiro atoms. The first-order valence-electron chi connectivity index (χ1n) is 11.8. The molecular formula is C26H29N9O. The van der Waals surface area contributed by atoms with E-state index in [9.17, 15) is 5.11 Å². The lowest BCUT2D eigenvalue weighted by molar-refractivity contribution is 0.477. The van der Waals surface area contributed by atoms with Crippen LogP contribution in [0, 0.1) is 11.8 Å². The fraction of sp³-hybridized carbons (Fsp3) is 0.269. The molecule has 1 fully saturated rings. The lowest BCUT2D eigenvalue weighted by Crippen LogP contribution is -2.25. The van der Waals surface area contributed by atoms with Gasteiger partial charge in [0.2, 0.25) is 5.82 Å². The predicted octanol–water partition coefficient (Wildman–Crippen LogP) is 3.12. The molecule has 5 rings (SSSR count). The Balaban J connectivity index is 0.000000179. The van der Waals surface area contributed by atoms with Crippen molar-refractivity contribution in [1.29, 1.82) is 0 Å². The molecular weight excluding hydrogens is 454 g/mol. The van der Waals surface area contributed by atoms with Gasteiger partial charge in [-0.15, -0.1) is 10.2 Å². The third kappa shape index (κ3) is 6.70. The minimum atomic E-state index is 0.135. The number of nitrogen functional groups attached to an aromatic ring is 2. The van der Waals surface area contributed by atoms with Gasteiger partial charge >= 0.3 is 0 Å². The van der Waals surface area contributed by atoms with E-state index in [1.54, 1.807) is 49.1 Å².